The molecule has 0 atom stereocenters. The van der Waals surface area contributed by atoms with Gasteiger partial charge in [-0.15, -0.1) is 0 Å². The zero-order valence-corrected chi connectivity index (χ0v) is 4.01. The van der Waals surface area contributed by atoms with Crippen molar-refractivity contribution in [2.45, 2.75) is 0 Å². The molecular weight excluding hydrogens is 106 g/mol. The molecule has 0 aromatic carbocycles. The van der Waals surface area contributed by atoms with E-state index in [2.05, 4.69) is 15.7 Å². The molecule has 1 radical (unpaired) electrons. The Kier molecular flexibility index (Phi) is 0.997. The molecule has 4 heteroatoms. The second kappa shape index (κ2) is 1.65. The van der Waals surface area contributed by atoms with Gasteiger partial charge >= 0.3 is 0 Å². The highest BCUT2D eigenvalue weighted by atomic mass is 16.3. The van der Waals surface area contributed by atoms with Crippen molar-refractivity contribution in [3.8, 4) is 0 Å². The number of nitrogens with one attached hydrogen (secondary N) is 1. The third-order valence-electron chi connectivity index (χ3n) is 0.621. The van der Waals surface area contributed by atoms with E-state index in [4.69, 9.17) is 11.1 Å². The second-order valence-corrected chi connectivity index (χ2v) is 1.20. The number of amidine groups is 1. The normalized spacial score (nSPS) is 9.00. The summed E-state index contributed by atoms with van der Waals surface area (Å²) in [4.78, 5) is 3.54. The average molecular weight is 110 g/mol. The molecule has 0 saturated carbocycles. The van der Waals surface area contributed by atoms with E-state index in [0.717, 1.165) is 0 Å². The fourth-order valence-electron chi connectivity index (χ4n) is 0.318. The molecule has 0 amide bonds. The third-order valence-corrected chi connectivity index (χ3v) is 0.621. The van der Waals surface area contributed by atoms with Gasteiger partial charge in [-0.1, -0.05) is 0 Å². The first-order valence-electron chi connectivity index (χ1n) is 1.97. The van der Waals surface area contributed by atoms with Gasteiger partial charge < -0.3 is 10.2 Å². The summed E-state index contributed by atoms with van der Waals surface area (Å²) in [5, 5.41) is 6.75. The minimum absolute atomic E-state index is 0.116. The standard InChI is InChI=1S/C4H4N3O/c5-3(6)4-7-1-2-8-4/h1H,(H3,5,6). The van der Waals surface area contributed by atoms with Crippen molar-refractivity contribution >= 4 is 5.84 Å². The van der Waals surface area contributed by atoms with Crippen molar-refractivity contribution in [3.05, 3.63) is 18.4 Å². The van der Waals surface area contributed by atoms with Crippen molar-refractivity contribution in [1.82, 2.24) is 4.98 Å². The number of rotatable bonds is 1. The highest BCUT2D eigenvalue weighted by Crippen LogP contribution is 1.88. The molecule has 1 rings (SSSR count). The van der Waals surface area contributed by atoms with Crippen molar-refractivity contribution in [2.24, 2.45) is 5.73 Å². The summed E-state index contributed by atoms with van der Waals surface area (Å²) in [6.45, 7) is 0. The molecule has 1 aromatic rings. The molecule has 0 aliphatic carbocycles. The molecular formula is C4H4N3O. The SMILES string of the molecule is N=C(N)c1nc[c]o1. The van der Waals surface area contributed by atoms with Crippen LogP contribution in [0.3, 0.4) is 0 Å². The van der Waals surface area contributed by atoms with Crippen LogP contribution in [0.1, 0.15) is 5.89 Å². The average Bonchev–Trinajstić information content (AvgIpc) is 2.12. The number of aromatic nitrogens is 1. The Balaban J connectivity index is 2.93. The van der Waals surface area contributed by atoms with Gasteiger partial charge in [0.1, 0.15) is 0 Å². The van der Waals surface area contributed by atoms with Crippen LogP contribution < -0.4 is 5.73 Å². The number of nitrogens with two attached hydrogens (primary N) is 1. The molecule has 41 valence electrons. The van der Waals surface area contributed by atoms with E-state index in [1.807, 2.05) is 0 Å². The van der Waals surface area contributed by atoms with Gasteiger partial charge in [0, 0.05) is 0 Å². The van der Waals surface area contributed by atoms with Crippen molar-refractivity contribution in [1.29, 1.82) is 5.41 Å². The zero-order valence-electron chi connectivity index (χ0n) is 4.01. The third kappa shape index (κ3) is 0.676. The van der Waals surface area contributed by atoms with Crippen LogP contribution in [-0.4, -0.2) is 10.8 Å². The summed E-state index contributed by atoms with van der Waals surface area (Å²) >= 11 is 0. The largest absolute Gasteiger partial charge is 0.430 e. The van der Waals surface area contributed by atoms with Crippen LogP contribution in [0.5, 0.6) is 0 Å². The van der Waals surface area contributed by atoms with Crippen molar-refractivity contribution in [2.75, 3.05) is 0 Å². The van der Waals surface area contributed by atoms with Gasteiger partial charge in [-0.3, -0.25) is 5.41 Å². The van der Waals surface area contributed by atoms with Gasteiger partial charge in [0.25, 0.3) is 5.89 Å². The highest BCUT2D eigenvalue weighted by Gasteiger charge is 1.97. The second-order valence-electron chi connectivity index (χ2n) is 1.20. The topological polar surface area (TPSA) is 75.9 Å². The van der Waals surface area contributed by atoms with Crippen LogP contribution in [-0.2, 0) is 0 Å². The predicted molar refractivity (Wildman–Crippen MR) is 26.4 cm³/mol. The summed E-state index contributed by atoms with van der Waals surface area (Å²) in [5.74, 6) is -0.0590. The lowest BCUT2D eigenvalue weighted by molar-refractivity contribution is 0.537. The lowest BCUT2D eigenvalue weighted by Gasteiger charge is -1.82. The Hall–Kier alpha value is -1.32. The Morgan fingerprint density at radius 2 is 2.75 bits per heavy atom. The summed E-state index contributed by atoms with van der Waals surface area (Å²) in [5.41, 5.74) is 4.97. The van der Waals surface area contributed by atoms with Crippen LogP contribution in [0.2, 0.25) is 0 Å². The molecule has 3 N–H and O–H groups in total. The summed E-state index contributed by atoms with van der Waals surface area (Å²) in [6.07, 6.45) is 3.62. The fourth-order valence-corrected chi connectivity index (χ4v) is 0.318. The molecule has 0 fully saturated rings. The Morgan fingerprint density at radius 3 is 3.00 bits per heavy atom. The van der Waals surface area contributed by atoms with E-state index in [-0.39, 0.29) is 11.7 Å². The van der Waals surface area contributed by atoms with Crippen LogP contribution in [0.4, 0.5) is 0 Å². The number of nitrogen functional groups attached to an aromatic ring is 1. The lowest BCUT2D eigenvalue weighted by Crippen LogP contribution is -2.10. The van der Waals surface area contributed by atoms with Crippen molar-refractivity contribution in [3.63, 3.8) is 0 Å². The van der Waals surface area contributed by atoms with E-state index in [1.165, 1.54) is 6.20 Å². The first-order chi connectivity index (χ1) is 3.80. The molecule has 0 bridgehead atoms. The molecule has 0 aliphatic rings. The van der Waals surface area contributed by atoms with Gasteiger partial charge in [0.05, 0.1) is 6.20 Å². The highest BCUT2D eigenvalue weighted by molar-refractivity contribution is 5.90. The minimum atomic E-state index is -0.175. The van der Waals surface area contributed by atoms with Crippen molar-refractivity contribution < 1.29 is 4.42 Å². The lowest BCUT2D eigenvalue weighted by atomic mass is 10.6. The van der Waals surface area contributed by atoms with Crippen LogP contribution in [0.15, 0.2) is 10.6 Å². The van der Waals surface area contributed by atoms with Gasteiger partial charge in [0.2, 0.25) is 0 Å². The summed E-state index contributed by atoms with van der Waals surface area (Å²) in [7, 11) is 0. The van der Waals surface area contributed by atoms with E-state index < -0.39 is 0 Å². The van der Waals surface area contributed by atoms with Crippen LogP contribution in [0.25, 0.3) is 0 Å². The maximum Gasteiger partial charge on any atom is 0.262 e. The number of hydrogen-bond acceptors (Lipinski definition) is 3. The van der Waals surface area contributed by atoms with E-state index in [0.29, 0.717) is 0 Å². The zero-order chi connectivity index (χ0) is 5.98. The maximum absolute atomic E-state index is 6.75. The predicted octanol–water partition coefficient (Wildman–Crippen LogP) is -0.241. The monoisotopic (exact) mass is 110 g/mol. The van der Waals surface area contributed by atoms with Crippen LogP contribution >= 0.6 is 0 Å². The van der Waals surface area contributed by atoms with Gasteiger partial charge in [0.15, 0.2) is 12.1 Å². The smallest absolute Gasteiger partial charge is 0.262 e. The quantitative estimate of drug-likeness (QED) is 0.387. The number of oxazole rings is 1. The van der Waals surface area contributed by atoms with E-state index in [9.17, 15) is 0 Å². The van der Waals surface area contributed by atoms with Gasteiger partial charge in [-0.25, -0.2) is 4.98 Å². The Bertz CT molecular complexity index is 179. The fraction of sp³-hybridized carbons (Fsp3) is 0. The Labute approximate surface area is 45.8 Å². The van der Waals surface area contributed by atoms with E-state index in [1.54, 1.807) is 0 Å². The number of hydrogen-bond donors (Lipinski definition) is 2. The van der Waals surface area contributed by atoms with Crippen LogP contribution in [0, 0.1) is 11.7 Å². The van der Waals surface area contributed by atoms with Gasteiger partial charge in [-0.2, -0.15) is 0 Å². The molecule has 0 unspecified atom stereocenters. The minimum Gasteiger partial charge on any atom is -0.430 e. The molecule has 0 aliphatic heterocycles. The summed E-state index contributed by atoms with van der Waals surface area (Å²) in [6, 6.07) is 0. The molecule has 0 spiro atoms. The molecule has 1 heterocycles. The summed E-state index contributed by atoms with van der Waals surface area (Å²) < 4.78 is 4.51. The van der Waals surface area contributed by atoms with E-state index >= 15 is 0 Å². The maximum atomic E-state index is 6.75. The molecule has 0 saturated heterocycles. The molecule has 1 aromatic heterocycles. The first kappa shape index (κ1) is 4.83. The Morgan fingerprint density at radius 1 is 2.00 bits per heavy atom. The molecule has 8 heavy (non-hydrogen) atoms. The van der Waals surface area contributed by atoms with Gasteiger partial charge in [-0.05, 0) is 0 Å². The molecule has 4 nitrogen and oxygen atoms in total. The number of nitrogens with zero attached hydrogens (tertiary/aromatic N) is 1. The first-order valence-corrected chi connectivity index (χ1v) is 1.97.